The zero-order valence-corrected chi connectivity index (χ0v) is 13.3. The SMILES string of the molecule is C[C@@H]1CCCCN1C(=O)CSc1nnc(-c2cccnc2)o1. The van der Waals surface area contributed by atoms with E-state index in [0.29, 0.717) is 22.9 Å². The van der Waals surface area contributed by atoms with Gasteiger partial charge in [-0.05, 0) is 38.3 Å². The zero-order chi connectivity index (χ0) is 15.4. The molecule has 0 spiro atoms. The minimum absolute atomic E-state index is 0.137. The molecule has 22 heavy (non-hydrogen) atoms. The summed E-state index contributed by atoms with van der Waals surface area (Å²) in [4.78, 5) is 18.2. The number of carbonyl (C=O) groups is 1. The van der Waals surface area contributed by atoms with Crippen molar-refractivity contribution in [2.75, 3.05) is 12.3 Å². The number of piperidine rings is 1. The highest BCUT2D eigenvalue weighted by Crippen LogP contribution is 2.24. The Balaban J connectivity index is 1.58. The molecule has 6 nitrogen and oxygen atoms in total. The van der Waals surface area contributed by atoms with Gasteiger partial charge in [0.2, 0.25) is 11.8 Å². The topological polar surface area (TPSA) is 72.1 Å². The molecule has 0 saturated carbocycles. The molecule has 1 saturated heterocycles. The molecule has 0 aliphatic carbocycles. The van der Waals surface area contributed by atoms with E-state index in [4.69, 9.17) is 4.42 Å². The molecule has 2 aromatic rings. The molecule has 3 rings (SSSR count). The first-order valence-electron chi connectivity index (χ1n) is 7.40. The van der Waals surface area contributed by atoms with Crippen LogP contribution in [0, 0.1) is 0 Å². The van der Waals surface area contributed by atoms with Crippen molar-refractivity contribution in [3.05, 3.63) is 24.5 Å². The molecule has 0 unspecified atom stereocenters. The van der Waals surface area contributed by atoms with Crippen LogP contribution in [-0.4, -0.2) is 44.3 Å². The van der Waals surface area contributed by atoms with Crippen molar-refractivity contribution in [1.82, 2.24) is 20.1 Å². The van der Waals surface area contributed by atoms with E-state index in [-0.39, 0.29) is 5.91 Å². The molecule has 1 amide bonds. The molecule has 1 fully saturated rings. The van der Waals surface area contributed by atoms with Crippen LogP contribution in [0.2, 0.25) is 0 Å². The van der Waals surface area contributed by atoms with E-state index in [1.165, 1.54) is 18.2 Å². The number of aromatic nitrogens is 3. The summed E-state index contributed by atoms with van der Waals surface area (Å²) in [5.41, 5.74) is 0.776. The normalized spacial score (nSPS) is 18.4. The molecule has 7 heteroatoms. The minimum atomic E-state index is 0.137. The number of thioether (sulfide) groups is 1. The van der Waals surface area contributed by atoms with Crippen LogP contribution in [-0.2, 0) is 4.79 Å². The second-order valence-corrected chi connectivity index (χ2v) is 6.26. The maximum Gasteiger partial charge on any atom is 0.277 e. The van der Waals surface area contributed by atoms with Crippen molar-refractivity contribution < 1.29 is 9.21 Å². The van der Waals surface area contributed by atoms with Crippen molar-refractivity contribution in [1.29, 1.82) is 0 Å². The number of likely N-dealkylation sites (tertiary alicyclic amines) is 1. The Bertz CT molecular complexity index is 631. The second-order valence-electron chi connectivity index (χ2n) is 5.34. The van der Waals surface area contributed by atoms with Crippen LogP contribution < -0.4 is 0 Å². The molecule has 116 valence electrons. The lowest BCUT2D eigenvalue weighted by atomic mass is 10.0. The van der Waals surface area contributed by atoms with Gasteiger partial charge in [-0.15, -0.1) is 10.2 Å². The summed E-state index contributed by atoms with van der Waals surface area (Å²) in [5, 5.41) is 8.38. The lowest BCUT2D eigenvalue weighted by Crippen LogP contribution is -2.42. The van der Waals surface area contributed by atoms with E-state index in [1.807, 2.05) is 17.0 Å². The predicted octanol–water partition coefficient (Wildman–Crippen LogP) is 2.62. The first kappa shape index (κ1) is 15.0. The van der Waals surface area contributed by atoms with Crippen molar-refractivity contribution >= 4 is 17.7 Å². The summed E-state index contributed by atoms with van der Waals surface area (Å²) in [7, 11) is 0. The summed E-state index contributed by atoms with van der Waals surface area (Å²) in [6.07, 6.45) is 6.74. The summed E-state index contributed by atoms with van der Waals surface area (Å²) in [5.74, 6) is 0.895. The Morgan fingerprint density at radius 1 is 1.45 bits per heavy atom. The Kier molecular flexibility index (Phi) is 4.72. The summed E-state index contributed by atoms with van der Waals surface area (Å²) >= 11 is 1.29. The molecule has 1 aliphatic rings. The quantitative estimate of drug-likeness (QED) is 0.807. The van der Waals surface area contributed by atoms with Crippen molar-refractivity contribution in [2.45, 2.75) is 37.5 Å². The summed E-state index contributed by atoms with van der Waals surface area (Å²) < 4.78 is 5.56. The molecule has 0 aromatic carbocycles. The highest BCUT2D eigenvalue weighted by atomic mass is 32.2. The lowest BCUT2D eigenvalue weighted by molar-refractivity contribution is -0.131. The van der Waals surface area contributed by atoms with Crippen LogP contribution in [0.3, 0.4) is 0 Å². The largest absolute Gasteiger partial charge is 0.411 e. The minimum Gasteiger partial charge on any atom is -0.411 e. The highest BCUT2D eigenvalue weighted by Gasteiger charge is 2.23. The van der Waals surface area contributed by atoms with Gasteiger partial charge in [0.05, 0.1) is 11.3 Å². The van der Waals surface area contributed by atoms with Crippen LogP contribution >= 0.6 is 11.8 Å². The number of pyridine rings is 1. The third-order valence-corrected chi connectivity index (χ3v) is 4.56. The average molecular weight is 318 g/mol. The van der Waals surface area contributed by atoms with Crippen LogP contribution in [0.4, 0.5) is 0 Å². The van der Waals surface area contributed by atoms with Gasteiger partial charge in [0.15, 0.2) is 0 Å². The highest BCUT2D eigenvalue weighted by molar-refractivity contribution is 7.99. The number of rotatable bonds is 4. The molecule has 1 aliphatic heterocycles. The summed E-state index contributed by atoms with van der Waals surface area (Å²) in [6, 6.07) is 4.00. The maximum atomic E-state index is 12.3. The fraction of sp³-hybridized carbons (Fsp3) is 0.467. The van der Waals surface area contributed by atoms with Gasteiger partial charge in [0.1, 0.15) is 0 Å². The van der Waals surface area contributed by atoms with Gasteiger partial charge in [-0.1, -0.05) is 11.8 Å². The van der Waals surface area contributed by atoms with Crippen LogP contribution in [0.1, 0.15) is 26.2 Å². The Hall–Kier alpha value is -1.89. The van der Waals surface area contributed by atoms with Crippen LogP contribution in [0.15, 0.2) is 34.2 Å². The number of amides is 1. The molecule has 0 radical (unpaired) electrons. The van der Waals surface area contributed by atoms with Crippen molar-refractivity contribution in [3.8, 4) is 11.5 Å². The van der Waals surface area contributed by atoms with Gasteiger partial charge in [-0.25, -0.2) is 0 Å². The second kappa shape index (κ2) is 6.91. The predicted molar refractivity (Wildman–Crippen MR) is 83.3 cm³/mol. The average Bonchev–Trinajstić information content (AvgIpc) is 3.03. The number of carbonyl (C=O) groups excluding carboxylic acids is 1. The van der Waals surface area contributed by atoms with E-state index >= 15 is 0 Å². The van der Waals surface area contributed by atoms with Gasteiger partial charge in [0, 0.05) is 25.0 Å². The molecule has 3 heterocycles. The third kappa shape index (κ3) is 3.47. The number of nitrogens with zero attached hydrogens (tertiary/aromatic N) is 4. The smallest absolute Gasteiger partial charge is 0.277 e. The van der Waals surface area contributed by atoms with Gasteiger partial charge >= 0.3 is 0 Å². The molecule has 2 aromatic heterocycles. The third-order valence-electron chi connectivity index (χ3n) is 3.76. The fourth-order valence-corrected chi connectivity index (χ4v) is 3.20. The lowest BCUT2D eigenvalue weighted by Gasteiger charge is -2.33. The monoisotopic (exact) mass is 318 g/mol. The molecule has 0 bridgehead atoms. The Labute approximate surface area is 133 Å². The number of hydrogen-bond acceptors (Lipinski definition) is 6. The number of hydrogen-bond donors (Lipinski definition) is 0. The fourth-order valence-electron chi connectivity index (χ4n) is 2.55. The van der Waals surface area contributed by atoms with Gasteiger partial charge in [0.25, 0.3) is 5.22 Å². The summed E-state index contributed by atoms with van der Waals surface area (Å²) in [6.45, 7) is 2.96. The van der Waals surface area contributed by atoms with Gasteiger partial charge in [-0.3, -0.25) is 9.78 Å². The van der Waals surface area contributed by atoms with E-state index < -0.39 is 0 Å². The standard InChI is InChI=1S/C15H18N4O2S/c1-11-5-2-3-8-19(11)13(20)10-22-15-18-17-14(21-15)12-6-4-7-16-9-12/h4,6-7,9,11H,2-3,5,8,10H2,1H3/t11-/m1/s1. The van der Waals surface area contributed by atoms with E-state index in [2.05, 4.69) is 22.1 Å². The molecular weight excluding hydrogens is 300 g/mol. The van der Waals surface area contributed by atoms with E-state index in [1.54, 1.807) is 12.4 Å². The Morgan fingerprint density at radius 2 is 2.36 bits per heavy atom. The van der Waals surface area contributed by atoms with E-state index in [9.17, 15) is 4.79 Å². The van der Waals surface area contributed by atoms with Gasteiger partial charge in [-0.2, -0.15) is 0 Å². The maximum absolute atomic E-state index is 12.3. The van der Waals surface area contributed by atoms with Crippen LogP contribution in [0.5, 0.6) is 0 Å². The molecule has 0 N–H and O–H groups in total. The Morgan fingerprint density at radius 3 is 3.14 bits per heavy atom. The van der Waals surface area contributed by atoms with Crippen molar-refractivity contribution in [2.24, 2.45) is 0 Å². The molecular formula is C15H18N4O2S. The van der Waals surface area contributed by atoms with Gasteiger partial charge < -0.3 is 9.32 Å². The van der Waals surface area contributed by atoms with E-state index in [0.717, 1.165) is 24.9 Å². The molecule has 1 atom stereocenters. The van der Waals surface area contributed by atoms with Crippen LogP contribution in [0.25, 0.3) is 11.5 Å². The zero-order valence-electron chi connectivity index (χ0n) is 12.4. The first-order valence-corrected chi connectivity index (χ1v) is 8.39. The first-order chi connectivity index (χ1) is 10.7. The van der Waals surface area contributed by atoms with Crippen molar-refractivity contribution in [3.63, 3.8) is 0 Å².